The fourth-order valence-corrected chi connectivity index (χ4v) is 1.75. The maximum Gasteiger partial charge on any atom is 0.123 e. The molecule has 0 aliphatic rings. The zero-order chi connectivity index (χ0) is 11.1. The number of nitrogen functional groups attached to an aromatic ring is 1. The predicted octanol–water partition coefficient (Wildman–Crippen LogP) is 2.28. The number of benzene rings is 1. The van der Waals surface area contributed by atoms with E-state index in [1.54, 1.807) is 12.3 Å². The van der Waals surface area contributed by atoms with E-state index in [1.165, 1.54) is 12.1 Å². The van der Waals surface area contributed by atoms with Crippen molar-refractivity contribution < 1.29 is 4.39 Å². The second kappa shape index (κ2) is 3.10. The number of halogens is 1. The largest absolute Gasteiger partial charge is 0.396 e. The van der Waals surface area contributed by atoms with Gasteiger partial charge in [-0.05, 0) is 24.3 Å². The summed E-state index contributed by atoms with van der Waals surface area (Å²) in [6, 6.07) is 6.42. The zero-order valence-corrected chi connectivity index (χ0v) is 8.29. The molecule has 3 rings (SSSR count). The third-order valence-electron chi connectivity index (χ3n) is 2.52. The molecule has 0 saturated carbocycles. The van der Waals surface area contributed by atoms with Crippen molar-refractivity contribution in [3.63, 3.8) is 0 Å². The highest BCUT2D eigenvalue weighted by Crippen LogP contribution is 2.26. The van der Waals surface area contributed by atoms with Crippen LogP contribution in [0, 0.1) is 5.82 Å². The average molecular weight is 216 g/mol. The van der Waals surface area contributed by atoms with Crippen molar-refractivity contribution in [3.05, 3.63) is 36.3 Å². The summed E-state index contributed by atoms with van der Waals surface area (Å²) in [7, 11) is 0. The summed E-state index contributed by atoms with van der Waals surface area (Å²) in [5, 5.41) is 7.45. The van der Waals surface area contributed by atoms with Gasteiger partial charge in [-0.15, -0.1) is 0 Å². The van der Waals surface area contributed by atoms with Gasteiger partial charge in [-0.1, -0.05) is 0 Å². The van der Waals surface area contributed by atoms with E-state index in [0.29, 0.717) is 5.69 Å². The molecule has 0 atom stereocenters. The molecule has 2 aromatic heterocycles. The van der Waals surface area contributed by atoms with E-state index in [-0.39, 0.29) is 5.82 Å². The van der Waals surface area contributed by atoms with Crippen LogP contribution in [0.25, 0.3) is 22.3 Å². The number of hydrogen-bond acceptors (Lipinski definition) is 2. The Bertz CT molecular complexity index is 653. The first kappa shape index (κ1) is 8.96. The number of fused-ring (bicyclic) bond motifs is 1. The van der Waals surface area contributed by atoms with E-state index in [4.69, 9.17) is 5.73 Å². The minimum absolute atomic E-state index is 0.254. The number of nitrogens with one attached hydrogen (secondary N) is 2. The first-order valence-corrected chi connectivity index (χ1v) is 4.81. The van der Waals surface area contributed by atoms with Crippen LogP contribution < -0.4 is 5.73 Å². The van der Waals surface area contributed by atoms with Gasteiger partial charge in [0.05, 0.1) is 17.6 Å². The second-order valence-corrected chi connectivity index (χ2v) is 3.61. The van der Waals surface area contributed by atoms with Crippen molar-refractivity contribution in [2.75, 3.05) is 5.73 Å². The molecule has 80 valence electrons. The normalized spacial score (nSPS) is 11.1. The third-order valence-corrected chi connectivity index (χ3v) is 2.52. The fraction of sp³-hybridized carbons (Fsp3) is 0. The van der Waals surface area contributed by atoms with E-state index >= 15 is 0 Å². The molecule has 3 aromatic rings. The molecule has 0 amide bonds. The van der Waals surface area contributed by atoms with Crippen LogP contribution in [-0.2, 0) is 0 Å². The molecule has 2 heterocycles. The molecule has 0 aliphatic carbocycles. The molecular formula is C11H9FN4. The SMILES string of the molecule is Nc1cn[nH]c1-c1cc2cc(F)ccc2[nH]1. The van der Waals surface area contributed by atoms with Gasteiger partial charge in [0, 0.05) is 10.9 Å². The Hall–Kier alpha value is -2.30. The molecular weight excluding hydrogens is 207 g/mol. The van der Waals surface area contributed by atoms with Crippen LogP contribution in [0.4, 0.5) is 10.1 Å². The topological polar surface area (TPSA) is 70.5 Å². The molecule has 16 heavy (non-hydrogen) atoms. The van der Waals surface area contributed by atoms with Crippen LogP contribution in [0.1, 0.15) is 0 Å². The predicted molar refractivity (Wildman–Crippen MR) is 60.3 cm³/mol. The molecule has 0 spiro atoms. The highest BCUT2D eigenvalue weighted by atomic mass is 19.1. The van der Waals surface area contributed by atoms with Gasteiger partial charge in [0.2, 0.25) is 0 Å². The number of rotatable bonds is 1. The Balaban J connectivity index is 2.23. The summed E-state index contributed by atoms with van der Waals surface area (Å²) >= 11 is 0. The number of H-pyrrole nitrogens is 2. The molecule has 5 heteroatoms. The second-order valence-electron chi connectivity index (χ2n) is 3.61. The smallest absolute Gasteiger partial charge is 0.123 e. The van der Waals surface area contributed by atoms with Gasteiger partial charge in [0.15, 0.2) is 0 Å². The van der Waals surface area contributed by atoms with Gasteiger partial charge in [-0.25, -0.2) is 4.39 Å². The lowest BCUT2D eigenvalue weighted by atomic mass is 10.2. The van der Waals surface area contributed by atoms with Crippen LogP contribution in [0.2, 0.25) is 0 Å². The van der Waals surface area contributed by atoms with Gasteiger partial charge in [-0.2, -0.15) is 5.10 Å². The Labute approximate surface area is 90.3 Å². The summed E-state index contributed by atoms with van der Waals surface area (Å²) in [6.45, 7) is 0. The van der Waals surface area contributed by atoms with Crippen molar-refractivity contribution in [2.24, 2.45) is 0 Å². The lowest BCUT2D eigenvalue weighted by Crippen LogP contribution is -1.85. The number of nitrogens with zero attached hydrogens (tertiary/aromatic N) is 1. The van der Waals surface area contributed by atoms with Gasteiger partial charge >= 0.3 is 0 Å². The first-order valence-electron chi connectivity index (χ1n) is 4.81. The number of anilines is 1. The number of nitrogens with two attached hydrogens (primary N) is 1. The van der Waals surface area contributed by atoms with Crippen molar-refractivity contribution in [2.45, 2.75) is 0 Å². The molecule has 4 nitrogen and oxygen atoms in total. The van der Waals surface area contributed by atoms with E-state index in [2.05, 4.69) is 15.2 Å². The average Bonchev–Trinajstić information content (AvgIpc) is 2.82. The van der Waals surface area contributed by atoms with Gasteiger partial charge in [-0.3, -0.25) is 5.10 Å². The van der Waals surface area contributed by atoms with Crippen molar-refractivity contribution in [1.29, 1.82) is 0 Å². The van der Waals surface area contributed by atoms with Crippen molar-refractivity contribution in [1.82, 2.24) is 15.2 Å². The summed E-state index contributed by atoms with van der Waals surface area (Å²) < 4.78 is 13.0. The molecule has 0 unspecified atom stereocenters. The minimum Gasteiger partial charge on any atom is -0.396 e. The molecule has 1 aromatic carbocycles. The first-order chi connectivity index (χ1) is 7.74. The van der Waals surface area contributed by atoms with Crippen LogP contribution in [0.3, 0.4) is 0 Å². The van der Waals surface area contributed by atoms with Crippen molar-refractivity contribution in [3.8, 4) is 11.4 Å². The Kier molecular flexibility index (Phi) is 1.73. The quantitative estimate of drug-likeness (QED) is 0.584. The molecule has 0 fully saturated rings. The lowest BCUT2D eigenvalue weighted by molar-refractivity contribution is 0.630. The summed E-state index contributed by atoms with van der Waals surface area (Å²) in [6.07, 6.45) is 1.54. The minimum atomic E-state index is -0.254. The van der Waals surface area contributed by atoms with Crippen LogP contribution in [0.5, 0.6) is 0 Å². The van der Waals surface area contributed by atoms with Gasteiger partial charge < -0.3 is 10.7 Å². The maximum atomic E-state index is 13.0. The molecule has 0 aliphatic heterocycles. The maximum absolute atomic E-state index is 13.0. The standard InChI is InChI=1S/C11H9FN4/c12-7-1-2-9-6(3-7)4-10(15-9)11-8(13)5-14-16-11/h1-5,15H,13H2,(H,14,16). The Morgan fingerprint density at radius 1 is 1.25 bits per heavy atom. The lowest BCUT2D eigenvalue weighted by Gasteiger charge is -1.93. The summed E-state index contributed by atoms with van der Waals surface area (Å²) in [5.74, 6) is -0.254. The number of aromatic amines is 2. The Morgan fingerprint density at radius 3 is 2.88 bits per heavy atom. The molecule has 0 saturated heterocycles. The number of hydrogen-bond donors (Lipinski definition) is 3. The highest BCUT2D eigenvalue weighted by molar-refractivity contribution is 5.87. The number of aromatic nitrogens is 3. The Morgan fingerprint density at radius 2 is 2.12 bits per heavy atom. The van der Waals surface area contributed by atoms with E-state index in [9.17, 15) is 4.39 Å². The van der Waals surface area contributed by atoms with Crippen LogP contribution in [-0.4, -0.2) is 15.2 Å². The third kappa shape index (κ3) is 1.25. The summed E-state index contributed by atoms with van der Waals surface area (Å²) in [4.78, 5) is 3.15. The molecule has 4 N–H and O–H groups in total. The van der Waals surface area contributed by atoms with Gasteiger partial charge in [0.25, 0.3) is 0 Å². The highest BCUT2D eigenvalue weighted by Gasteiger charge is 2.08. The van der Waals surface area contributed by atoms with E-state index in [0.717, 1.165) is 22.3 Å². The van der Waals surface area contributed by atoms with Crippen LogP contribution in [0.15, 0.2) is 30.5 Å². The monoisotopic (exact) mass is 216 g/mol. The van der Waals surface area contributed by atoms with Crippen LogP contribution >= 0.6 is 0 Å². The van der Waals surface area contributed by atoms with Crippen molar-refractivity contribution >= 4 is 16.6 Å². The fourth-order valence-electron chi connectivity index (χ4n) is 1.75. The van der Waals surface area contributed by atoms with E-state index in [1.807, 2.05) is 6.07 Å². The van der Waals surface area contributed by atoms with E-state index < -0.39 is 0 Å². The zero-order valence-electron chi connectivity index (χ0n) is 8.29. The molecule has 0 radical (unpaired) electrons. The molecule has 0 bridgehead atoms. The summed E-state index contributed by atoms with van der Waals surface area (Å²) in [5.41, 5.74) is 8.69. The van der Waals surface area contributed by atoms with Gasteiger partial charge in [0.1, 0.15) is 11.5 Å².